The molecular formula is C42H69N3O6. The highest BCUT2D eigenvalue weighted by Crippen LogP contribution is 2.89. The summed E-state index contributed by atoms with van der Waals surface area (Å²) in [5, 5.41) is 16.1. The summed E-state index contributed by atoms with van der Waals surface area (Å²) in [5.41, 5.74) is 0.574. The highest BCUT2D eigenvalue weighted by Gasteiger charge is 2.84. The van der Waals surface area contributed by atoms with Crippen LogP contribution in [0.3, 0.4) is 0 Å². The molecule has 5 aliphatic carbocycles. The summed E-state index contributed by atoms with van der Waals surface area (Å²) in [6.45, 7) is 24.4. The van der Waals surface area contributed by atoms with Crippen LogP contribution in [-0.2, 0) is 18.9 Å². The number of hydrogen-bond acceptors (Lipinski definition) is 8. The molecule has 4 heterocycles. The van der Waals surface area contributed by atoms with E-state index in [2.05, 4.69) is 58.7 Å². The third-order valence-electron chi connectivity index (χ3n) is 18.0. The first kappa shape index (κ1) is 35.7. The molecule has 14 atom stereocenters. The zero-order valence-corrected chi connectivity index (χ0v) is 32.8. The average Bonchev–Trinajstić information content (AvgIpc) is 3.67. The van der Waals surface area contributed by atoms with Crippen molar-refractivity contribution in [1.29, 1.82) is 0 Å². The topological polar surface area (TPSA) is 92.7 Å². The van der Waals surface area contributed by atoms with Crippen molar-refractivity contribution >= 4 is 6.09 Å². The third kappa shape index (κ3) is 5.02. The van der Waals surface area contributed by atoms with Gasteiger partial charge in [0.25, 0.3) is 0 Å². The number of hydrogen-bond donors (Lipinski definition) is 2. The third-order valence-corrected chi connectivity index (χ3v) is 18.0. The van der Waals surface area contributed by atoms with Crippen molar-refractivity contribution in [2.45, 2.75) is 143 Å². The largest absolute Gasteiger partial charge is 0.443 e. The molecule has 9 heteroatoms. The van der Waals surface area contributed by atoms with Crippen LogP contribution < -0.4 is 5.32 Å². The summed E-state index contributed by atoms with van der Waals surface area (Å²) < 4.78 is 26.5. The smallest absolute Gasteiger partial charge is 0.410 e. The number of nitrogens with one attached hydrogen (secondary N) is 1. The highest BCUT2D eigenvalue weighted by molar-refractivity contribution is 5.68. The molecule has 4 aliphatic heterocycles. The van der Waals surface area contributed by atoms with Gasteiger partial charge < -0.3 is 34.3 Å². The molecule has 2 spiro atoms. The van der Waals surface area contributed by atoms with Crippen LogP contribution in [0.25, 0.3) is 0 Å². The van der Waals surface area contributed by atoms with E-state index in [0.29, 0.717) is 34.5 Å². The van der Waals surface area contributed by atoms with Gasteiger partial charge in [-0.1, -0.05) is 48.5 Å². The van der Waals surface area contributed by atoms with Gasteiger partial charge in [-0.05, 0) is 115 Å². The van der Waals surface area contributed by atoms with Gasteiger partial charge in [-0.15, -0.1) is 0 Å². The number of ether oxygens (including phenoxy) is 4. The number of likely N-dealkylation sites (tertiary alicyclic amines) is 1. The van der Waals surface area contributed by atoms with Gasteiger partial charge in [0, 0.05) is 51.2 Å². The number of aliphatic hydroxyl groups excluding tert-OH is 1. The standard InChI is InChI=1S/C42H69N3O6/c1-25(2)34(51-37(47)45-15-8-16-45)28-19-26(3)33-35(49-28)36(46)40(7)30-10-9-29-38(4,5)31(11-12-41(29)24-42(30,41)14-13-39(33,40)6)50-32-23-44(17-18-48-32)22-27-20-43-21-27/h25-36,43,46H,8-24H2,1-7H3/t26-,28?,29+,30?,31+,32+,33+,34-,35?,36+,39-,40-,41-,42+/m1/s1. The second-order valence-electron chi connectivity index (χ2n) is 20.7. The van der Waals surface area contributed by atoms with Gasteiger partial charge in [0.2, 0.25) is 0 Å². The SMILES string of the molecule is CC(C)[C@@H](OC(=O)N1CCC1)C1C[C@@H](C)[C@H]2C(O1)[C@H](O)[C@@]1(C)C3CC[C@H]4C(C)(C)[C@@H](O[C@H]5CN(CC6CNC6)CCO5)CC[C@@]45C[C@@]35CC[C@]21C. The van der Waals surface area contributed by atoms with Crippen LogP contribution in [0.15, 0.2) is 0 Å². The van der Waals surface area contributed by atoms with E-state index in [9.17, 15) is 9.90 Å². The predicted molar refractivity (Wildman–Crippen MR) is 195 cm³/mol. The van der Waals surface area contributed by atoms with Crippen LogP contribution in [0.2, 0.25) is 0 Å². The number of carbonyl (C=O) groups is 1. The first-order chi connectivity index (χ1) is 24.2. The molecule has 9 nitrogen and oxygen atoms in total. The fourth-order valence-corrected chi connectivity index (χ4v) is 15.0. The number of aliphatic hydroxyl groups is 1. The predicted octanol–water partition coefficient (Wildman–Crippen LogP) is 5.93. The molecular weight excluding hydrogens is 642 g/mol. The van der Waals surface area contributed by atoms with Crippen molar-refractivity contribution in [3.8, 4) is 0 Å². The first-order valence-corrected chi connectivity index (χ1v) is 21.2. The Morgan fingerprint density at radius 3 is 2.43 bits per heavy atom. The van der Waals surface area contributed by atoms with Gasteiger partial charge in [0.05, 0.1) is 31.0 Å². The maximum atomic E-state index is 13.0. The monoisotopic (exact) mass is 712 g/mol. The summed E-state index contributed by atoms with van der Waals surface area (Å²) in [6.07, 6.45) is 9.17. The molecule has 0 aromatic rings. The van der Waals surface area contributed by atoms with Gasteiger partial charge in [0.15, 0.2) is 6.29 Å². The summed E-state index contributed by atoms with van der Waals surface area (Å²) in [4.78, 5) is 17.4. The molecule has 1 amide bonds. The number of carbonyl (C=O) groups excluding carboxylic acids is 1. The fraction of sp³-hybridized carbons (Fsp3) is 0.976. The van der Waals surface area contributed by atoms with E-state index in [0.717, 1.165) is 77.6 Å². The molecule has 9 fully saturated rings. The Balaban J connectivity index is 0.922. The second kappa shape index (κ2) is 12.3. The van der Waals surface area contributed by atoms with Gasteiger partial charge in [0.1, 0.15) is 6.10 Å². The van der Waals surface area contributed by atoms with Crippen LogP contribution in [0, 0.1) is 62.6 Å². The molecule has 3 unspecified atom stereocenters. The Kier molecular flexibility index (Phi) is 8.59. The van der Waals surface area contributed by atoms with E-state index < -0.39 is 6.10 Å². The minimum Gasteiger partial charge on any atom is -0.443 e. The lowest BCUT2D eigenvalue weighted by molar-refractivity contribution is -0.249. The lowest BCUT2D eigenvalue weighted by Crippen LogP contribution is -2.60. The van der Waals surface area contributed by atoms with Crippen molar-refractivity contribution < 1.29 is 28.8 Å². The van der Waals surface area contributed by atoms with E-state index >= 15 is 0 Å². The molecule has 0 aromatic heterocycles. The highest BCUT2D eigenvalue weighted by atomic mass is 16.7. The van der Waals surface area contributed by atoms with Crippen molar-refractivity contribution in [2.24, 2.45) is 62.6 Å². The Morgan fingerprint density at radius 2 is 1.75 bits per heavy atom. The number of nitrogens with zero attached hydrogens (tertiary/aromatic N) is 2. The molecule has 0 bridgehead atoms. The van der Waals surface area contributed by atoms with Crippen molar-refractivity contribution in [3.05, 3.63) is 0 Å². The number of rotatable bonds is 7. The van der Waals surface area contributed by atoms with Crippen molar-refractivity contribution in [2.75, 3.05) is 52.4 Å². The molecule has 288 valence electrons. The van der Waals surface area contributed by atoms with Crippen LogP contribution in [-0.4, -0.2) is 110 Å². The summed E-state index contributed by atoms with van der Waals surface area (Å²) >= 11 is 0. The maximum Gasteiger partial charge on any atom is 0.410 e. The molecule has 2 N–H and O–H groups in total. The molecule has 9 rings (SSSR count). The van der Waals surface area contributed by atoms with E-state index in [1.54, 1.807) is 4.90 Å². The van der Waals surface area contributed by atoms with Crippen LogP contribution in [0.5, 0.6) is 0 Å². The Bertz CT molecular complexity index is 1350. The maximum absolute atomic E-state index is 13.0. The zero-order valence-electron chi connectivity index (χ0n) is 32.8. The Morgan fingerprint density at radius 1 is 1.00 bits per heavy atom. The minimum absolute atomic E-state index is 0.0191. The van der Waals surface area contributed by atoms with Crippen molar-refractivity contribution in [1.82, 2.24) is 15.1 Å². The van der Waals surface area contributed by atoms with Crippen LogP contribution in [0.4, 0.5) is 4.79 Å². The average molecular weight is 712 g/mol. The second-order valence-corrected chi connectivity index (χ2v) is 20.7. The number of fused-ring (bicyclic) bond motifs is 4. The molecule has 0 aromatic carbocycles. The molecule has 0 radical (unpaired) electrons. The molecule has 4 saturated heterocycles. The summed E-state index contributed by atoms with van der Waals surface area (Å²) in [5.74, 6) is 2.77. The number of amides is 1. The summed E-state index contributed by atoms with van der Waals surface area (Å²) in [7, 11) is 0. The van der Waals surface area contributed by atoms with Gasteiger partial charge in [-0.25, -0.2) is 4.79 Å². The number of morpholine rings is 1. The lowest BCUT2D eigenvalue weighted by atomic mass is 9.41. The van der Waals surface area contributed by atoms with Gasteiger partial charge in [-0.3, -0.25) is 4.90 Å². The lowest BCUT2D eigenvalue weighted by Gasteiger charge is -2.64. The van der Waals surface area contributed by atoms with Gasteiger partial charge >= 0.3 is 6.09 Å². The zero-order chi connectivity index (χ0) is 35.7. The summed E-state index contributed by atoms with van der Waals surface area (Å²) in [6, 6.07) is 0. The van der Waals surface area contributed by atoms with Crippen molar-refractivity contribution in [3.63, 3.8) is 0 Å². The van der Waals surface area contributed by atoms with Gasteiger partial charge in [-0.2, -0.15) is 0 Å². The fourth-order valence-electron chi connectivity index (χ4n) is 15.0. The molecule has 5 saturated carbocycles. The molecule has 9 aliphatic rings. The van der Waals surface area contributed by atoms with E-state index in [4.69, 9.17) is 18.9 Å². The quantitative estimate of drug-likeness (QED) is 0.336. The Labute approximate surface area is 307 Å². The first-order valence-electron chi connectivity index (χ1n) is 21.2. The van der Waals surface area contributed by atoms with E-state index in [1.807, 2.05) is 0 Å². The minimum atomic E-state index is -0.511. The Hall–Kier alpha value is -0.970. The van der Waals surface area contributed by atoms with Crippen LogP contribution >= 0.6 is 0 Å². The van der Waals surface area contributed by atoms with E-state index in [1.165, 1.54) is 38.5 Å². The molecule has 51 heavy (non-hydrogen) atoms. The van der Waals surface area contributed by atoms with Crippen LogP contribution in [0.1, 0.15) is 106 Å². The normalized spacial score (nSPS) is 50.8. The van der Waals surface area contributed by atoms with E-state index in [-0.39, 0.29) is 59.0 Å².